The van der Waals surface area contributed by atoms with Gasteiger partial charge < -0.3 is 15.0 Å². The number of hydrogen-bond donors (Lipinski definition) is 1. The Morgan fingerprint density at radius 1 is 1.15 bits per heavy atom. The number of esters is 1. The van der Waals surface area contributed by atoms with Gasteiger partial charge in [-0.1, -0.05) is 31.9 Å². The fourth-order valence-corrected chi connectivity index (χ4v) is 2.89. The normalized spacial score (nSPS) is 16.2. The average Bonchev–Trinajstić information content (AvgIpc) is 2.94. The molecule has 2 rings (SSSR count). The third-order valence-corrected chi connectivity index (χ3v) is 4.64. The van der Waals surface area contributed by atoms with E-state index < -0.39 is 5.97 Å². The van der Waals surface area contributed by atoms with Crippen LogP contribution >= 0.6 is 0 Å². The summed E-state index contributed by atoms with van der Waals surface area (Å²) in [4.78, 5) is 25.7. The summed E-state index contributed by atoms with van der Waals surface area (Å²) in [6.07, 6.45) is 9.03. The van der Waals surface area contributed by atoms with E-state index in [2.05, 4.69) is 22.3 Å². The van der Waals surface area contributed by atoms with Crippen molar-refractivity contribution in [3.63, 3.8) is 0 Å². The van der Waals surface area contributed by atoms with Gasteiger partial charge in [-0.25, -0.2) is 4.79 Å². The lowest BCUT2D eigenvalue weighted by Crippen LogP contribution is -2.35. The van der Waals surface area contributed by atoms with Crippen LogP contribution in [0.25, 0.3) is 6.08 Å². The van der Waals surface area contributed by atoms with Crippen molar-refractivity contribution in [3.05, 3.63) is 35.9 Å². The molecule has 1 N–H and O–H groups in total. The molecule has 1 atom stereocenters. The maximum absolute atomic E-state index is 11.7. The molecule has 0 spiro atoms. The Balaban J connectivity index is 1.80. The van der Waals surface area contributed by atoms with Crippen molar-refractivity contribution in [3.8, 4) is 0 Å². The quantitative estimate of drug-likeness (QED) is 0.598. The van der Waals surface area contributed by atoms with Gasteiger partial charge >= 0.3 is 5.97 Å². The number of anilines is 1. The van der Waals surface area contributed by atoms with Crippen LogP contribution in [0.4, 0.5) is 5.69 Å². The topological polar surface area (TPSA) is 58.6 Å². The Morgan fingerprint density at radius 2 is 1.81 bits per heavy atom. The Kier molecular flexibility index (Phi) is 8.19. The predicted molar refractivity (Wildman–Crippen MR) is 105 cm³/mol. The molecule has 0 bridgehead atoms. The van der Waals surface area contributed by atoms with Crippen molar-refractivity contribution in [2.24, 2.45) is 0 Å². The lowest BCUT2D eigenvalue weighted by molar-refractivity contribution is -0.144. The fourth-order valence-electron chi connectivity index (χ4n) is 2.89. The number of rotatable bonds is 7. The van der Waals surface area contributed by atoms with Gasteiger partial charge in [0.2, 0.25) is 0 Å². The summed E-state index contributed by atoms with van der Waals surface area (Å²) in [6, 6.07) is 8.27. The van der Waals surface area contributed by atoms with Gasteiger partial charge in [-0.05, 0) is 50.0 Å². The molecule has 0 saturated carbocycles. The van der Waals surface area contributed by atoms with Crippen LogP contribution in [0.2, 0.25) is 0 Å². The number of carbonyl (C=O) groups is 2. The molecule has 1 saturated heterocycles. The maximum Gasteiger partial charge on any atom is 0.331 e. The first kappa shape index (κ1) is 20.0. The summed E-state index contributed by atoms with van der Waals surface area (Å²) < 4.78 is 4.96. The van der Waals surface area contributed by atoms with Crippen LogP contribution in [0.5, 0.6) is 0 Å². The SMILES string of the molecule is CC[C@@H](C)NC(=O)COC(=O)/C=C/c1ccc(N2CCCCCC2)cc1. The van der Waals surface area contributed by atoms with Crippen molar-refractivity contribution >= 4 is 23.6 Å². The second-order valence-corrected chi connectivity index (χ2v) is 6.81. The van der Waals surface area contributed by atoms with Crippen molar-refractivity contribution in [2.45, 2.75) is 52.0 Å². The molecule has 5 heteroatoms. The van der Waals surface area contributed by atoms with Gasteiger partial charge in [-0.15, -0.1) is 0 Å². The van der Waals surface area contributed by atoms with E-state index in [-0.39, 0.29) is 18.6 Å². The zero-order chi connectivity index (χ0) is 18.8. The molecule has 1 aromatic carbocycles. The summed E-state index contributed by atoms with van der Waals surface area (Å²) in [5.74, 6) is -0.788. The van der Waals surface area contributed by atoms with Crippen LogP contribution in [0, 0.1) is 0 Å². The lowest BCUT2D eigenvalue weighted by atomic mass is 10.1. The molecule has 1 fully saturated rings. The molecule has 142 valence electrons. The van der Waals surface area contributed by atoms with Crippen LogP contribution in [0.15, 0.2) is 30.3 Å². The predicted octanol–water partition coefficient (Wildman–Crippen LogP) is 3.54. The highest BCUT2D eigenvalue weighted by molar-refractivity contribution is 5.89. The van der Waals surface area contributed by atoms with E-state index in [4.69, 9.17) is 4.74 Å². The summed E-state index contributed by atoms with van der Waals surface area (Å²) in [6.45, 7) is 5.87. The molecule has 1 amide bonds. The number of nitrogens with one attached hydrogen (secondary N) is 1. The Labute approximate surface area is 156 Å². The third kappa shape index (κ3) is 6.90. The molecule has 0 aliphatic carbocycles. The molecule has 0 aromatic heterocycles. The van der Waals surface area contributed by atoms with Gasteiger partial charge in [0, 0.05) is 30.9 Å². The molecule has 0 unspecified atom stereocenters. The van der Waals surface area contributed by atoms with Crippen LogP contribution in [0.1, 0.15) is 51.5 Å². The van der Waals surface area contributed by atoms with Crippen molar-refractivity contribution in [2.75, 3.05) is 24.6 Å². The van der Waals surface area contributed by atoms with Crippen LogP contribution in [0.3, 0.4) is 0 Å². The first-order valence-corrected chi connectivity index (χ1v) is 9.57. The van der Waals surface area contributed by atoms with E-state index in [0.29, 0.717) is 0 Å². The van der Waals surface area contributed by atoms with Crippen LogP contribution in [-0.2, 0) is 14.3 Å². The molecule has 26 heavy (non-hydrogen) atoms. The first-order chi connectivity index (χ1) is 12.6. The van der Waals surface area contributed by atoms with Crippen molar-refractivity contribution < 1.29 is 14.3 Å². The minimum atomic E-state index is -0.513. The fraction of sp³-hybridized carbons (Fsp3) is 0.524. The van der Waals surface area contributed by atoms with E-state index in [1.54, 1.807) is 6.08 Å². The van der Waals surface area contributed by atoms with Gasteiger partial charge in [-0.3, -0.25) is 4.79 Å². The zero-order valence-electron chi connectivity index (χ0n) is 15.9. The molecule has 1 aliphatic heterocycles. The summed E-state index contributed by atoms with van der Waals surface area (Å²) in [7, 11) is 0. The third-order valence-electron chi connectivity index (χ3n) is 4.64. The second kappa shape index (κ2) is 10.6. The monoisotopic (exact) mass is 358 g/mol. The number of ether oxygens (including phenoxy) is 1. The van der Waals surface area contributed by atoms with Gasteiger partial charge in [0.15, 0.2) is 6.61 Å². The average molecular weight is 358 g/mol. The van der Waals surface area contributed by atoms with Gasteiger partial charge in [0.25, 0.3) is 5.91 Å². The summed E-state index contributed by atoms with van der Waals surface area (Å²) in [5, 5.41) is 2.76. The van der Waals surface area contributed by atoms with E-state index in [1.165, 1.54) is 37.4 Å². The minimum Gasteiger partial charge on any atom is -0.452 e. The molecule has 1 heterocycles. The molecule has 1 aromatic rings. The molecular weight excluding hydrogens is 328 g/mol. The van der Waals surface area contributed by atoms with Crippen molar-refractivity contribution in [1.82, 2.24) is 5.32 Å². The van der Waals surface area contributed by atoms with Crippen molar-refractivity contribution in [1.29, 1.82) is 0 Å². The van der Waals surface area contributed by atoms with Crippen LogP contribution in [-0.4, -0.2) is 37.6 Å². The highest BCUT2D eigenvalue weighted by atomic mass is 16.5. The van der Waals surface area contributed by atoms with E-state index >= 15 is 0 Å². The van der Waals surface area contributed by atoms with E-state index in [1.807, 2.05) is 26.0 Å². The molecule has 1 aliphatic rings. The highest BCUT2D eigenvalue weighted by Crippen LogP contribution is 2.20. The first-order valence-electron chi connectivity index (χ1n) is 9.57. The number of hydrogen-bond acceptors (Lipinski definition) is 4. The maximum atomic E-state index is 11.7. The summed E-state index contributed by atoms with van der Waals surface area (Å²) in [5.41, 5.74) is 2.16. The number of benzene rings is 1. The molecule has 5 nitrogen and oxygen atoms in total. The Morgan fingerprint density at radius 3 is 2.42 bits per heavy atom. The van der Waals surface area contributed by atoms with Gasteiger partial charge in [-0.2, -0.15) is 0 Å². The number of carbonyl (C=O) groups excluding carboxylic acids is 2. The van der Waals surface area contributed by atoms with E-state index in [9.17, 15) is 9.59 Å². The van der Waals surface area contributed by atoms with Crippen LogP contribution < -0.4 is 10.2 Å². The lowest BCUT2D eigenvalue weighted by Gasteiger charge is -2.22. The molecule has 0 radical (unpaired) electrons. The van der Waals surface area contributed by atoms with Gasteiger partial charge in [0.05, 0.1) is 0 Å². The second-order valence-electron chi connectivity index (χ2n) is 6.81. The smallest absolute Gasteiger partial charge is 0.331 e. The summed E-state index contributed by atoms with van der Waals surface area (Å²) >= 11 is 0. The van der Waals surface area contributed by atoms with Gasteiger partial charge in [0.1, 0.15) is 0 Å². The van der Waals surface area contributed by atoms with E-state index in [0.717, 1.165) is 25.1 Å². The minimum absolute atomic E-state index is 0.0828. The largest absolute Gasteiger partial charge is 0.452 e. The zero-order valence-corrected chi connectivity index (χ0v) is 15.9. The highest BCUT2D eigenvalue weighted by Gasteiger charge is 2.10. The number of amides is 1. The standard InChI is InChI=1S/C21H30N2O3/c1-3-17(2)22-20(24)16-26-21(25)13-10-18-8-11-19(12-9-18)23-14-6-4-5-7-15-23/h8-13,17H,3-7,14-16H2,1-2H3,(H,22,24)/b13-10+/t17-/m1/s1. The molecular formula is C21H30N2O3. The Hall–Kier alpha value is -2.30. The Bertz CT molecular complexity index is 602. The number of nitrogens with zero attached hydrogens (tertiary/aromatic N) is 1.